The number of hydrogen-bond donors (Lipinski definition) is 1. The van der Waals surface area contributed by atoms with Gasteiger partial charge in [0, 0.05) is 6.42 Å². The zero-order valence-corrected chi connectivity index (χ0v) is 12.2. The van der Waals surface area contributed by atoms with Gasteiger partial charge in [-0.2, -0.15) is 0 Å². The average molecular weight is 260 g/mol. The normalized spacial score (nSPS) is 11.6. The molecule has 1 aromatic rings. The van der Waals surface area contributed by atoms with Gasteiger partial charge in [0.1, 0.15) is 5.75 Å². The molecule has 0 aromatic heterocycles. The lowest BCUT2D eigenvalue weighted by Gasteiger charge is -2.13. The van der Waals surface area contributed by atoms with Gasteiger partial charge in [-0.1, -0.05) is 38.2 Å². The van der Waals surface area contributed by atoms with Gasteiger partial charge in [-0.25, -0.2) is 0 Å². The van der Waals surface area contributed by atoms with Crippen molar-refractivity contribution in [1.82, 2.24) is 0 Å². The van der Waals surface area contributed by atoms with Crippen molar-refractivity contribution in [2.24, 2.45) is 5.92 Å². The summed E-state index contributed by atoms with van der Waals surface area (Å²) in [6.07, 6.45) is 2.86. The molecule has 0 saturated carbocycles. The fraction of sp³-hybridized carbons (Fsp3) is 0.529. The predicted octanol–water partition coefficient (Wildman–Crippen LogP) is 3.54. The van der Waals surface area contributed by atoms with Gasteiger partial charge in [0.05, 0.1) is 18.8 Å². The van der Waals surface area contributed by atoms with Crippen molar-refractivity contribution in [3.63, 3.8) is 0 Å². The first-order chi connectivity index (χ1) is 9.17. The van der Waals surface area contributed by atoms with Crippen molar-refractivity contribution < 1.29 is 9.84 Å². The van der Waals surface area contributed by atoms with Crippen LogP contribution in [-0.2, 0) is 0 Å². The summed E-state index contributed by atoms with van der Waals surface area (Å²) >= 11 is 0. The Morgan fingerprint density at radius 3 is 2.84 bits per heavy atom. The van der Waals surface area contributed by atoms with E-state index >= 15 is 0 Å². The molecule has 0 aliphatic heterocycles. The van der Waals surface area contributed by atoms with Gasteiger partial charge in [0.25, 0.3) is 0 Å². The van der Waals surface area contributed by atoms with Crippen LogP contribution in [0.2, 0.25) is 0 Å². The van der Waals surface area contributed by atoms with Crippen molar-refractivity contribution in [2.45, 2.75) is 40.0 Å². The van der Waals surface area contributed by atoms with Crippen molar-refractivity contribution in [2.75, 3.05) is 13.2 Å². The molecule has 2 nitrogen and oxygen atoms in total. The van der Waals surface area contributed by atoms with Gasteiger partial charge in [-0.15, -0.1) is 0 Å². The molecule has 19 heavy (non-hydrogen) atoms. The van der Waals surface area contributed by atoms with Crippen LogP contribution in [0, 0.1) is 24.7 Å². The van der Waals surface area contributed by atoms with Gasteiger partial charge in [0.2, 0.25) is 0 Å². The molecule has 0 heterocycles. The van der Waals surface area contributed by atoms with Crippen molar-refractivity contribution in [1.29, 1.82) is 0 Å². The molecule has 0 saturated heterocycles. The fourth-order valence-corrected chi connectivity index (χ4v) is 1.89. The lowest BCUT2D eigenvalue weighted by Crippen LogP contribution is -2.09. The second-order valence-corrected chi connectivity index (χ2v) is 4.98. The first-order valence-electron chi connectivity index (χ1n) is 7.00. The largest absolute Gasteiger partial charge is 0.492 e. The monoisotopic (exact) mass is 260 g/mol. The Morgan fingerprint density at radius 1 is 1.37 bits per heavy atom. The summed E-state index contributed by atoms with van der Waals surface area (Å²) in [6.45, 7) is 7.26. The Hall–Kier alpha value is -1.46. The predicted molar refractivity (Wildman–Crippen MR) is 79.3 cm³/mol. The van der Waals surface area contributed by atoms with E-state index in [1.54, 1.807) is 0 Å². The highest BCUT2D eigenvalue weighted by Gasteiger charge is 2.05. The minimum atomic E-state index is 0.0997. The number of rotatable bonds is 6. The third-order valence-corrected chi connectivity index (χ3v) is 2.90. The molecule has 1 N–H and O–H groups in total. The van der Waals surface area contributed by atoms with Crippen LogP contribution in [0.15, 0.2) is 18.2 Å². The van der Waals surface area contributed by atoms with Crippen molar-refractivity contribution in [3.8, 4) is 17.6 Å². The summed E-state index contributed by atoms with van der Waals surface area (Å²) in [5.74, 6) is 7.43. The molecule has 0 amide bonds. The van der Waals surface area contributed by atoms with Crippen LogP contribution in [0.1, 0.15) is 44.2 Å². The van der Waals surface area contributed by atoms with Gasteiger partial charge in [-0.05, 0) is 37.0 Å². The molecule has 0 aliphatic rings. The molecule has 0 aliphatic carbocycles. The van der Waals surface area contributed by atoms with E-state index in [1.165, 1.54) is 18.4 Å². The summed E-state index contributed by atoms with van der Waals surface area (Å²) in [6, 6.07) is 6.05. The first-order valence-corrected chi connectivity index (χ1v) is 7.00. The second kappa shape index (κ2) is 8.61. The number of aryl methyl sites for hydroxylation is 1. The van der Waals surface area contributed by atoms with E-state index in [0.717, 1.165) is 17.9 Å². The molecule has 0 radical (unpaired) electrons. The van der Waals surface area contributed by atoms with Gasteiger partial charge >= 0.3 is 0 Å². The maximum atomic E-state index is 8.77. The average Bonchev–Trinajstić information content (AvgIpc) is 2.38. The van der Waals surface area contributed by atoms with E-state index in [4.69, 9.17) is 9.84 Å². The van der Waals surface area contributed by atoms with E-state index in [9.17, 15) is 0 Å². The molecule has 2 heteroatoms. The highest BCUT2D eigenvalue weighted by atomic mass is 16.5. The van der Waals surface area contributed by atoms with Crippen LogP contribution in [0.3, 0.4) is 0 Å². The van der Waals surface area contributed by atoms with Crippen LogP contribution in [0.25, 0.3) is 0 Å². The first kappa shape index (κ1) is 15.6. The van der Waals surface area contributed by atoms with E-state index in [2.05, 4.69) is 25.7 Å². The molecule has 1 rings (SSSR count). The van der Waals surface area contributed by atoms with Crippen LogP contribution < -0.4 is 4.74 Å². The molecule has 1 atom stereocenters. The zero-order chi connectivity index (χ0) is 14.1. The smallest absolute Gasteiger partial charge is 0.134 e. The Balaban J connectivity index is 2.74. The third kappa shape index (κ3) is 5.81. The number of hydrogen-bond acceptors (Lipinski definition) is 2. The Labute approximate surface area is 116 Å². The highest BCUT2D eigenvalue weighted by molar-refractivity contribution is 5.48. The molecular weight excluding hydrogens is 236 g/mol. The third-order valence-electron chi connectivity index (χ3n) is 2.90. The van der Waals surface area contributed by atoms with Crippen LogP contribution in [0.5, 0.6) is 5.75 Å². The fourth-order valence-electron chi connectivity index (χ4n) is 1.89. The molecular formula is C17H24O2. The Morgan fingerprint density at radius 2 is 2.16 bits per heavy atom. The summed E-state index contributed by atoms with van der Waals surface area (Å²) in [5.41, 5.74) is 2.08. The van der Waals surface area contributed by atoms with Crippen LogP contribution in [0.4, 0.5) is 0 Å². The highest BCUT2D eigenvalue weighted by Crippen LogP contribution is 2.20. The Kier molecular flexibility index (Phi) is 7.07. The maximum absolute atomic E-state index is 8.77. The minimum Gasteiger partial charge on any atom is -0.492 e. The SMILES string of the molecule is CCCC(C)COc1ccc(C)cc1C#CCCO. The van der Waals surface area contributed by atoms with E-state index in [0.29, 0.717) is 12.3 Å². The van der Waals surface area contributed by atoms with E-state index in [-0.39, 0.29) is 6.61 Å². The lowest BCUT2D eigenvalue weighted by molar-refractivity contribution is 0.251. The van der Waals surface area contributed by atoms with Gasteiger partial charge in [-0.3, -0.25) is 0 Å². The maximum Gasteiger partial charge on any atom is 0.134 e. The number of aliphatic hydroxyl groups excluding tert-OH is 1. The van der Waals surface area contributed by atoms with Crippen LogP contribution >= 0.6 is 0 Å². The zero-order valence-electron chi connectivity index (χ0n) is 12.2. The summed E-state index contributed by atoms with van der Waals surface area (Å²) < 4.78 is 5.87. The van der Waals surface area contributed by atoms with Gasteiger partial charge in [0.15, 0.2) is 0 Å². The minimum absolute atomic E-state index is 0.0997. The quantitative estimate of drug-likeness (QED) is 0.793. The second-order valence-electron chi connectivity index (χ2n) is 4.98. The molecule has 0 spiro atoms. The Bertz CT molecular complexity index is 440. The number of aliphatic hydroxyl groups is 1. The molecule has 0 bridgehead atoms. The number of benzene rings is 1. The molecule has 104 valence electrons. The van der Waals surface area contributed by atoms with E-state index in [1.807, 2.05) is 25.1 Å². The van der Waals surface area contributed by atoms with Crippen LogP contribution in [-0.4, -0.2) is 18.3 Å². The molecule has 0 fully saturated rings. The summed E-state index contributed by atoms with van der Waals surface area (Å²) in [7, 11) is 0. The van der Waals surface area contributed by atoms with Crippen molar-refractivity contribution >= 4 is 0 Å². The standard InChI is InChI=1S/C17H24O2/c1-4-7-15(3)13-19-17-10-9-14(2)12-16(17)8-5-6-11-18/h9-10,12,15,18H,4,6-7,11,13H2,1-3H3. The van der Waals surface area contributed by atoms with Crippen molar-refractivity contribution in [3.05, 3.63) is 29.3 Å². The van der Waals surface area contributed by atoms with E-state index < -0.39 is 0 Å². The molecule has 1 unspecified atom stereocenters. The molecule has 1 aromatic carbocycles. The topological polar surface area (TPSA) is 29.5 Å². The number of ether oxygens (including phenoxy) is 1. The summed E-state index contributed by atoms with van der Waals surface area (Å²) in [5, 5.41) is 8.77. The van der Waals surface area contributed by atoms with Gasteiger partial charge < -0.3 is 9.84 Å². The summed E-state index contributed by atoms with van der Waals surface area (Å²) in [4.78, 5) is 0. The lowest BCUT2D eigenvalue weighted by atomic mass is 10.1.